The van der Waals surface area contributed by atoms with Gasteiger partial charge >= 0.3 is 0 Å². The van der Waals surface area contributed by atoms with Crippen molar-refractivity contribution >= 4 is 35.1 Å². The van der Waals surface area contributed by atoms with E-state index in [1.165, 1.54) is 11.8 Å². The predicted octanol–water partition coefficient (Wildman–Crippen LogP) is 3.86. The average Bonchev–Trinajstić information content (AvgIpc) is 3.10. The van der Waals surface area contributed by atoms with Crippen LogP contribution in [0.5, 0.6) is 11.5 Å². The first-order valence-corrected chi connectivity index (χ1v) is 11.0. The van der Waals surface area contributed by atoms with Gasteiger partial charge in [0.05, 0.1) is 12.9 Å². The summed E-state index contributed by atoms with van der Waals surface area (Å²) >= 11 is 2.97. The molecular formula is C20H22N4O3S2. The maximum absolute atomic E-state index is 12.2. The van der Waals surface area contributed by atoms with Gasteiger partial charge in [0.2, 0.25) is 5.91 Å². The first-order chi connectivity index (χ1) is 14.1. The average molecular weight is 431 g/mol. The summed E-state index contributed by atoms with van der Waals surface area (Å²) in [7, 11) is 3.48. The van der Waals surface area contributed by atoms with Gasteiger partial charge in [0, 0.05) is 17.6 Å². The largest absolute Gasteiger partial charge is 0.497 e. The van der Waals surface area contributed by atoms with E-state index in [2.05, 4.69) is 15.5 Å². The Bertz CT molecular complexity index is 961. The van der Waals surface area contributed by atoms with Gasteiger partial charge in [0.15, 0.2) is 11.0 Å². The number of rotatable bonds is 9. The number of carbonyl (C=O) groups excluding carboxylic acids is 1. The fourth-order valence-electron chi connectivity index (χ4n) is 2.44. The molecule has 0 atom stereocenters. The number of aromatic nitrogens is 3. The van der Waals surface area contributed by atoms with Crippen LogP contribution in [0, 0.1) is 0 Å². The third-order valence-corrected chi connectivity index (χ3v) is 5.78. The highest BCUT2D eigenvalue weighted by Crippen LogP contribution is 2.21. The second-order valence-corrected chi connectivity index (χ2v) is 7.81. The Labute approximate surface area is 178 Å². The zero-order chi connectivity index (χ0) is 20.6. The number of methoxy groups -OCH3 is 1. The van der Waals surface area contributed by atoms with Crippen molar-refractivity contribution in [2.75, 3.05) is 24.4 Å². The maximum Gasteiger partial charge on any atom is 0.234 e. The van der Waals surface area contributed by atoms with Crippen LogP contribution in [0.1, 0.15) is 5.82 Å². The third-order valence-electron chi connectivity index (χ3n) is 4.04. The van der Waals surface area contributed by atoms with E-state index in [4.69, 9.17) is 9.47 Å². The number of anilines is 1. The van der Waals surface area contributed by atoms with Crippen molar-refractivity contribution < 1.29 is 14.3 Å². The Morgan fingerprint density at radius 3 is 2.62 bits per heavy atom. The lowest BCUT2D eigenvalue weighted by atomic mass is 10.3. The van der Waals surface area contributed by atoms with E-state index in [9.17, 15) is 4.79 Å². The van der Waals surface area contributed by atoms with Crippen molar-refractivity contribution in [1.29, 1.82) is 0 Å². The molecule has 9 heteroatoms. The van der Waals surface area contributed by atoms with Gasteiger partial charge in [-0.2, -0.15) is 0 Å². The molecular weight excluding hydrogens is 408 g/mol. The minimum atomic E-state index is -0.0905. The maximum atomic E-state index is 12.2. The normalized spacial score (nSPS) is 10.6. The van der Waals surface area contributed by atoms with Crippen molar-refractivity contribution in [3.8, 4) is 11.5 Å². The third kappa shape index (κ3) is 5.91. The highest BCUT2D eigenvalue weighted by Gasteiger charge is 2.12. The molecule has 1 heterocycles. The van der Waals surface area contributed by atoms with Crippen LogP contribution in [0.2, 0.25) is 0 Å². The Morgan fingerprint density at radius 1 is 1.14 bits per heavy atom. The molecule has 0 bridgehead atoms. The molecule has 0 aliphatic heterocycles. The molecule has 7 nitrogen and oxygen atoms in total. The molecule has 0 radical (unpaired) electrons. The summed E-state index contributed by atoms with van der Waals surface area (Å²) in [6.07, 6.45) is 2.00. The van der Waals surface area contributed by atoms with Crippen molar-refractivity contribution in [2.24, 2.45) is 7.05 Å². The molecule has 1 N–H and O–H groups in total. The summed E-state index contributed by atoms with van der Waals surface area (Å²) in [6.45, 7) is 0.282. The van der Waals surface area contributed by atoms with E-state index in [-0.39, 0.29) is 18.3 Å². The van der Waals surface area contributed by atoms with Crippen LogP contribution in [-0.4, -0.2) is 39.8 Å². The Balaban J connectivity index is 1.51. The molecule has 152 valence electrons. The number of thioether (sulfide) groups is 2. The minimum absolute atomic E-state index is 0.0905. The number of hydrogen-bond donors (Lipinski definition) is 1. The SMILES string of the molecule is COc1ccc(OCc2nnc(SCC(=O)Nc3cccc(SC)c3)n2C)cc1. The predicted molar refractivity (Wildman–Crippen MR) is 116 cm³/mol. The Morgan fingerprint density at radius 2 is 1.90 bits per heavy atom. The van der Waals surface area contributed by atoms with Gasteiger partial charge in [-0.05, 0) is 48.7 Å². The van der Waals surface area contributed by atoms with Crippen molar-refractivity contribution in [2.45, 2.75) is 16.7 Å². The van der Waals surface area contributed by atoms with Crippen LogP contribution in [0.15, 0.2) is 58.6 Å². The smallest absolute Gasteiger partial charge is 0.234 e. The molecule has 0 fully saturated rings. The fraction of sp³-hybridized carbons (Fsp3) is 0.250. The molecule has 0 spiro atoms. The van der Waals surface area contributed by atoms with Gasteiger partial charge in [-0.25, -0.2) is 0 Å². The van der Waals surface area contributed by atoms with Gasteiger partial charge in [-0.1, -0.05) is 17.8 Å². The van der Waals surface area contributed by atoms with Crippen LogP contribution in [0.4, 0.5) is 5.69 Å². The molecule has 2 aromatic carbocycles. The molecule has 0 saturated heterocycles. The van der Waals surface area contributed by atoms with Crippen molar-refractivity contribution in [3.05, 3.63) is 54.4 Å². The molecule has 3 aromatic rings. The molecule has 29 heavy (non-hydrogen) atoms. The topological polar surface area (TPSA) is 78.3 Å². The van der Waals surface area contributed by atoms with E-state index in [1.807, 2.05) is 66.4 Å². The van der Waals surface area contributed by atoms with Gasteiger partial charge in [0.1, 0.15) is 18.1 Å². The molecule has 0 saturated carbocycles. The van der Waals surface area contributed by atoms with Crippen molar-refractivity contribution in [1.82, 2.24) is 14.8 Å². The lowest BCUT2D eigenvalue weighted by Crippen LogP contribution is -2.14. The highest BCUT2D eigenvalue weighted by atomic mass is 32.2. The fourth-order valence-corrected chi connectivity index (χ4v) is 3.63. The summed E-state index contributed by atoms with van der Waals surface area (Å²) < 4.78 is 12.7. The number of amides is 1. The van der Waals surface area contributed by atoms with Crippen LogP contribution in [-0.2, 0) is 18.4 Å². The van der Waals surface area contributed by atoms with E-state index in [0.717, 1.165) is 22.1 Å². The lowest BCUT2D eigenvalue weighted by molar-refractivity contribution is -0.113. The van der Waals surface area contributed by atoms with Gasteiger partial charge in [-0.15, -0.1) is 22.0 Å². The van der Waals surface area contributed by atoms with Crippen LogP contribution < -0.4 is 14.8 Å². The van der Waals surface area contributed by atoms with E-state index in [1.54, 1.807) is 18.9 Å². The summed E-state index contributed by atoms with van der Waals surface area (Å²) in [6, 6.07) is 15.1. The number of carbonyl (C=O) groups is 1. The minimum Gasteiger partial charge on any atom is -0.497 e. The molecule has 0 unspecified atom stereocenters. The number of hydrogen-bond acceptors (Lipinski definition) is 7. The highest BCUT2D eigenvalue weighted by molar-refractivity contribution is 7.99. The van der Waals surface area contributed by atoms with Crippen LogP contribution >= 0.6 is 23.5 Å². The van der Waals surface area contributed by atoms with Gasteiger partial charge < -0.3 is 19.4 Å². The molecule has 1 amide bonds. The first kappa shape index (κ1) is 21.1. The van der Waals surface area contributed by atoms with Gasteiger partial charge in [0.25, 0.3) is 0 Å². The van der Waals surface area contributed by atoms with Crippen LogP contribution in [0.25, 0.3) is 0 Å². The number of nitrogens with zero attached hydrogens (tertiary/aromatic N) is 3. The van der Waals surface area contributed by atoms with E-state index in [0.29, 0.717) is 11.0 Å². The standard InChI is InChI=1S/C20H22N4O3S2/c1-24-18(12-27-16-9-7-15(26-2)8-10-16)22-23-20(24)29-13-19(25)21-14-5-4-6-17(11-14)28-3/h4-11H,12-13H2,1-3H3,(H,21,25). The van der Waals surface area contributed by atoms with Crippen LogP contribution in [0.3, 0.4) is 0 Å². The van der Waals surface area contributed by atoms with E-state index < -0.39 is 0 Å². The molecule has 1 aromatic heterocycles. The summed E-state index contributed by atoms with van der Waals surface area (Å²) in [5.74, 6) is 2.32. The zero-order valence-electron chi connectivity index (χ0n) is 16.4. The second-order valence-electron chi connectivity index (χ2n) is 5.99. The number of nitrogens with one attached hydrogen (secondary N) is 1. The summed E-state index contributed by atoms with van der Waals surface area (Å²) in [4.78, 5) is 13.3. The summed E-state index contributed by atoms with van der Waals surface area (Å²) in [5, 5.41) is 11.9. The Hall–Kier alpha value is -2.65. The Kier molecular flexibility index (Phi) is 7.42. The first-order valence-electron chi connectivity index (χ1n) is 8.81. The molecule has 0 aliphatic carbocycles. The second kappa shape index (κ2) is 10.2. The monoisotopic (exact) mass is 430 g/mol. The molecule has 0 aliphatic rings. The lowest BCUT2D eigenvalue weighted by Gasteiger charge is -2.08. The van der Waals surface area contributed by atoms with E-state index >= 15 is 0 Å². The molecule has 3 rings (SSSR count). The number of ether oxygens (including phenoxy) is 2. The zero-order valence-corrected chi connectivity index (χ0v) is 18.0. The van der Waals surface area contributed by atoms with Gasteiger partial charge in [-0.3, -0.25) is 4.79 Å². The number of benzene rings is 2. The summed E-state index contributed by atoms with van der Waals surface area (Å²) in [5.41, 5.74) is 0.786. The van der Waals surface area contributed by atoms with Crippen molar-refractivity contribution in [3.63, 3.8) is 0 Å². The quantitative estimate of drug-likeness (QED) is 0.517.